The van der Waals surface area contributed by atoms with Crippen molar-refractivity contribution in [3.05, 3.63) is 58.7 Å². The van der Waals surface area contributed by atoms with E-state index >= 15 is 0 Å². The van der Waals surface area contributed by atoms with Gasteiger partial charge in [0, 0.05) is 28.8 Å². The van der Waals surface area contributed by atoms with E-state index in [0.717, 1.165) is 33.4 Å². The number of hydrogen-bond acceptors (Lipinski definition) is 3. The van der Waals surface area contributed by atoms with Crippen LogP contribution in [0.1, 0.15) is 39.2 Å². The Morgan fingerprint density at radius 1 is 1.00 bits per heavy atom. The summed E-state index contributed by atoms with van der Waals surface area (Å²) in [6.07, 6.45) is 3.67. The molecule has 2 aromatic heterocycles. The minimum atomic E-state index is -0.0817. The van der Waals surface area contributed by atoms with Gasteiger partial charge in [0.2, 0.25) is 0 Å². The smallest absolute Gasteiger partial charge is 0.133 e. The van der Waals surface area contributed by atoms with E-state index in [1.807, 2.05) is 37.5 Å². The minimum absolute atomic E-state index is 0.0817. The average molecular weight is 372 g/mol. The van der Waals surface area contributed by atoms with Crippen LogP contribution < -0.4 is 0 Å². The van der Waals surface area contributed by atoms with Crippen LogP contribution in [0.2, 0.25) is 10.0 Å². The van der Waals surface area contributed by atoms with Crippen molar-refractivity contribution in [3.63, 3.8) is 0 Å². The summed E-state index contributed by atoms with van der Waals surface area (Å²) in [5, 5.41) is 1.71. The predicted molar refractivity (Wildman–Crippen MR) is 106 cm³/mol. The zero-order chi connectivity index (χ0) is 18.4. The van der Waals surface area contributed by atoms with Crippen LogP contribution in [0.15, 0.2) is 37.2 Å². The molecule has 0 radical (unpaired) electrons. The number of halogens is 2. The zero-order valence-corrected chi connectivity index (χ0v) is 16.2. The second-order valence-corrected chi connectivity index (χ2v) is 7.90. The van der Waals surface area contributed by atoms with Crippen LogP contribution in [0.4, 0.5) is 0 Å². The summed E-state index contributed by atoms with van der Waals surface area (Å²) in [7, 11) is 0. The molecule has 128 valence electrons. The van der Waals surface area contributed by atoms with Gasteiger partial charge in [-0.3, -0.25) is 0 Å². The molecular formula is C20H19Cl2N3. The highest BCUT2D eigenvalue weighted by molar-refractivity contribution is 6.46. The van der Waals surface area contributed by atoms with Crippen molar-refractivity contribution in [1.82, 2.24) is 15.0 Å². The van der Waals surface area contributed by atoms with E-state index in [-0.39, 0.29) is 5.41 Å². The SMILES string of the molecule is C=C(C)c1nc2ccc(-c3cnc(C(C)(C)C)nc3)cc2c(Cl)c1Cl. The van der Waals surface area contributed by atoms with Gasteiger partial charge in [-0.15, -0.1) is 0 Å². The first-order valence-corrected chi connectivity index (χ1v) is 8.71. The fourth-order valence-electron chi connectivity index (χ4n) is 2.53. The largest absolute Gasteiger partial charge is 0.246 e. The summed E-state index contributed by atoms with van der Waals surface area (Å²) in [4.78, 5) is 13.5. The molecule has 3 aromatic rings. The van der Waals surface area contributed by atoms with Gasteiger partial charge in [-0.2, -0.15) is 0 Å². The summed E-state index contributed by atoms with van der Waals surface area (Å²) < 4.78 is 0. The van der Waals surface area contributed by atoms with Gasteiger partial charge in [0.15, 0.2) is 0 Å². The van der Waals surface area contributed by atoms with Crippen LogP contribution in [0.25, 0.3) is 27.6 Å². The second-order valence-electron chi connectivity index (χ2n) is 7.15. The molecule has 0 saturated heterocycles. The number of pyridine rings is 1. The molecule has 1 aromatic carbocycles. The van der Waals surface area contributed by atoms with Crippen molar-refractivity contribution in [2.75, 3.05) is 0 Å². The van der Waals surface area contributed by atoms with Crippen LogP contribution in [0, 0.1) is 0 Å². The number of rotatable bonds is 2. The van der Waals surface area contributed by atoms with Crippen molar-refractivity contribution in [2.24, 2.45) is 0 Å². The molecule has 0 aliphatic heterocycles. The molecule has 0 aliphatic carbocycles. The van der Waals surface area contributed by atoms with Crippen molar-refractivity contribution in [1.29, 1.82) is 0 Å². The number of nitrogens with zero attached hydrogens (tertiary/aromatic N) is 3. The van der Waals surface area contributed by atoms with Crippen LogP contribution in [0.3, 0.4) is 0 Å². The van der Waals surface area contributed by atoms with Gasteiger partial charge in [0.25, 0.3) is 0 Å². The van der Waals surface area contributed by atoms with Gasteiger partial charge < -0.3 is 0 Å². The fourth-order valence-corrected chi connectivity index (χ4v) is 3.07. The molecule has 0 N–H and O–H groups in total. The van der Waals surface area contributed by atoms with Crippen LogP contribution >= 0.6 is 23.2 Å². The molecule has 0 saturated carbocycles. The van der Waals surface area contributed by atoms with Gasteiger partial charge in [-0.1, -0.05) is 56.6 Å². The van der Waals surface area contributed by atoms with Crippen molar-refractivity contribution in [3.8, 4) is 11.1 Å². The lowest BCUT2D eigenvalue weighted by Gasteiger charge is -2.16. The Hall–Kier alpha value is -1.97. The van der Waals surface area contributed by atoms with E-state index in [1.165, 1.54) is 0 Å². The molecule has 0 amide bonds. The van der Waals surface area contributed by atoms with E-state index < -0.39 is 0 Å². The van der Waals surface area contributed by atoms with Crippen molar-refractivity contribution < 1.29 is 0 Å². The molecule has 3 rings (SSSR count). The Labute approximate surface area is 157 Å². The number of hydrogen-bond donors (Lipinski definition) is 0. The first-order chi connectivity index (χ1) is 11.7. The molecular weight excluding hydrogens is 353 g/mol. The lowest BCUT2D eigenvalue weighted by molar-refractivity contribution is 0.545. The standard InChI is InChI=1S/C20H19Cl2N3/c1-11(2)18-17(22)16(21)14-8-12(6-7-15(14)25-18)13-9-23-19(24-10-13)20(3,4)5/h6-10H,1H2,2-5H3. The number of aromatic nitrogens is 3. The maximum atomic E-state index is 6.48. The predicted octanol–water partition coefficient (Wildman–Crippen LogP) is 6.33. The Kier molecular flexibility index (Phi) is 4.56. The molecule has 0 spiro atoms. The maximum absolute atomic E-state index is 6.48. The number of benzene rings is 1. The summed E-state index contributed by atoms with van der Waals surface area (Å²) in [5.41, 5.74) is 4.00. The minimum Gasteiger partial charge on any atom is -0.246 e. The molecule has 0 unspecified atom stereocenters. The molecule has 25 heavy (non-hydrogen) atoms. The summed E-state index contributed by atoms with van der Waals surface area (Å²) in [5.74, 6) is 0.811. The summed E-state index contributed by atoms with van der Waals surface area (Å²) in [6, 6.07) is 5.88. The van der Waals surface area contributed by atoms with E-state index in [9.17, 15) is 0 Å². The van der Waals surface area contributed by atoms with E-state index in [0.29, 0.717) is 15.7 Å². The highest BCUT2D eigenvalue weighted by Crippen LogP contribution is 2.36. The third kappa shape index (κ3) is 3.39. The molecule has 5 heteroatoms. The summed E-state index contributed by atoms with van der Waals surface area (Å²) in [6.45, 7) is 12.0. The van der Waals surface area contributed by atoms with Crippen LogP contribution in [-0.4, -0.2) is 15.0 Å². The van der Waals surface area contributed by atoms with Crippen molar-refractivity contribution >= 4 is 39.7 Å². The molecule has 0 bridgehead atoms. The van der Waals surface area contributed by atoms with Crippen LogP contribution in [-0.2, 0) is 5.41 Å². The zero-order valence-electron chi connectivity index (χ0n) is 14.7. The van der Waals surface area contributed by atoms with Crippen molar-refractivity contribution in [2.45, 2.75) is 33.1 Å². The lowest BCUT2D eigenvalue weighted by atomic mass is 9.95. The van der Waals surface area contributed by atoms with Crippen LogP contribution in [0.5, 0.6) is 0 Å². The second kappa shape index (κ2) is 6.40. The van der Waals surface area contributed by atoms with Gasteiger partial charge in [0.05, 0.1) is 21.3 Å². The van der Waals surface area contributed by atoms with E-state index in [2.05, 4.69) is 42.3 Å². The first-order valence-electron chi connectivity index (χ1n) is 7.96. The average Bonchev–Trinajstić information content (AvgIpc) is 2.57. The molecule has 3 nitrogen and oxygen atoms in total. The Morgan fingerprint density at radius 2 is 1.64 bits per heavy atom. The Balaban J connectivity index is 2.11. The first kappa shape index (κ1) is 17.8. The quantitative estimate of drug-likeness (QED) is 0.528. The third-order valence-corrected chi connectivity index (χ3v) is 4.78. The van der Waals surface area contributed by atoms with Gasteiger partial charge in [0.1, 0.15) is 5.82 Å². The van der Waals surface area contributed by atoms with E-state index in [4.69, 9.17) is 23.2 Å². The fraction of sp³-hybridized carbons (Fsp3) is 0.250. The lowest BCUT2D eigenvalue weighted by Crippen LogP contribution is -2.15. The number of allylic oxidation sites excluding steroid dienone is 1. The molecule has 2 heterocycles. The summed E-state index contributed by atoms with van der Waals surface area (Å²) >= 11 is 12.8. The Bertz CT molecular complexity index is 971. The topological polar surface area (TPSA) is 38.7 Å². The normalized spacial score (nSPS) is 11.8. The maximum Gasteiger partial charge on any atom is 0.133 e. The molecule has 0 aliphatic rings. The molecule has 0 atom stereocenters. The number of fused-ring (bicyclic) bond motifs is 1. The van der Waals surface area contributed by atoms with Gasteiger partial charge in [-0.05, 0) is 30.2 Å². The molecule has 0 fully saturated rings. The third-order valence-electron chi connectivity index (χ3n) is 3.93. The monoisotopic (exact) mass is 371 g/mol. The highest BCUT2D eigenvalue weighted by Gasteiger charge is 2.17. The van der Waals surface area contributed by atoms with Gasteiger partial charge in [-0.25, -0.2) is 15.0 Å². The highest BCUT2D eigenvalue weighted by atomic mass is 35.5. The Morgan fingerprint density at radius 3 is 2.20 bits per heavy atom. The van der Waals surface area contributed by atoms with E-state index in [1.54, 1.807) is 0 Å². The van der Waals surface area contributed by atoms with Gasteiger partial charge >= 0.3 is 0 Å².